The molecule has 2 atom stereocenters. The summed E-state index contributed by atoms with van der Waals surface area (Å²) in [6.07, 6.45) is 4.08. The first-order chi connectivity index (χ1) is 12.7. The quantitative estimate of drug-likeness (QED) is 0.832. The number of benzene rings is 1. The Hall–Kier alpha value is -2.24. The van der Waals surface area contributed by atoms with Crippen LogP contribution >= 0.6 is 0 Å². The predicted octanol–water partition coefficient (Wildman–Crippen LogP) is 2.07. The molecule has 1 aromatic carbocycles. The third kappa shape index (κ3) is 2.81. The van der Waals surface area contributed by atoms with Gasteiger partial charge in [-0.25, -0.2) is 0 Å². The number of nitrogens with zero attached hydrogens (tertiary/aromatic N) is 2. The summed E-state index contributed by atoms with van der Waals surface area (Å²) in [6.45, 7) is 3.26. The van der Waals surface area contributed by atoms with Gasteiger partial charge in [0.2, 0.25) is 11.8 Å². The molecule has 0 radical (unpaired) electrons. The molecule has 138 valence electrons. The van der Waals surface area contributed by atoms with Crippen molar-refractivity contribution in [3.63, 3.8) is 0 Å². The van der Waals surface area contributed by atoms with Gasteiger partial charge in [-0.1, -0.05) is 0 Å². The topological polar surface area (TPSA) is 59.1 Å². The van der Waals surface area contributed by atoms with E-state index < -0.39 is 0 Å². The number of likely N-dealkylation sites (tertiary alicyclic amines) is 1. The Bertz CT molecular complexity index is 745. The van der Waals surface area contributed by atoms with Crippen LogP contribution in [-0.4, -0.2) is 49.6 Å². The maximum absolute atomic E-state index is 12.9. The van der Waals surface area contributed by atoms with E-state index >= 15 is 0 Å². The minimum atomic E-state index is -0.228. The predicted molar refractivity (Wildman–Crippen MR) is 95.3 cm³/mol. The fourth-order valence-electron chi connectivity index (χ4n) is 4.52. The second kappa shape index (κ2) is 6.18. The van der Waals surface area contributed by atoms with Crippen LogP contribution in [0.4, 0.5) is 5.69 Å². The Morgan fingerprint density at radius 3 is 2.62 bits per heavy atom. The van der Waals surface area contributed by atoms with Crippen LogP contribution in [0, 0.1) is 17.8 Å². The lowest BCUT2D eigenvalue weighted by Gasteiger charge is -2.23. The number of amides is 2. The van der Waals surface area contributed by atoms with Crippen LogP contribution in [0.15, 0.2) is 18.2 Å². The summed E-state index contributed by atoms with van der Waals surface area (Å²) in [4.78, 5) is 29.1. The molecule has 6 nitrogen and oxygen atoms in total. The molecular formula is C20H24N2O4. The first-order valence-electron chi connectivity index (χ1n) is 9.68. The molecule has 6 heteroatoms. The molecule has 1 aliphatic carbocycles. The van der Waals surface area contributed by atoms with Gasteiger partial charge in [-0.05, 0) is 43.2 Å². The minimum absolute atomic E-state index is 0.0120. The van der Waals surface area contributed by atoms with Gasteiger partial charge in [-0.2, -0.15) is 0 Å². The SMILES string of the molecule is O=C(C1CC(=O)N(c2ccc3c(c2)OCCO3)C1)N1CCC(C2CC2)C1. The van der Waals surface area contributed by atoms with Gasteiger partial charge in [0.25, 0.3) is 0 Å². The summed E-state index contributed by atoms with van der Waals surface area (Å²) < 4.78 is 11.2. The molecule has 0 bridgehead atoms. The van der Waals surface area contributed by atoms with Gasteiger partial charge in [-0.3, -0.25) is 9.59 Å². The summed E-state index contributed by atoms with van der Waals surface area (Å²) in [6, 6.07) is 5.56. The molecule has 1 aromatic rings. The molecule has 0 N–H and O–H groups in total. The van der Waals surface area contributed by atoms with E-state index in [0.717, 1.165) is 31.1 Å². The van der Waals surface area contributed by atoms with Crippen LogP contribution in [0.2, 0.25) is 0 Å². The van der Waals surface area contributed by atoms with Gasteiger partial charge in [0.1, 0.15) is 13.2 Å². The fraction of sp³-hybridized carbons (Fsp3) is 0.600. The maximum atomic E-state index is 12.9. The maximum Gasteiger partial charge on any atom is 0.228 e. The van der Waals surface area contributed by atoms with Crippen LogP contribution in [0.1, 0.15) is 25.7 Å². The van der Waals surface area contributed by atoms with Gasteiger partial charge < -0.3 is 19.3 Å². The zero-order valence-corrected chi connectivity index (χ0v) is 14.9. The summed E-state index contributed by atoms with van der Waals surface area (Å²) in [5.74, 6) is 2.84. The summed E-state index contributed by atoms with van der Waals surface area (Å²) in [7, 11) is 0. The van der Waals surface area contributed by atoms with E-state index in [1.54, 1.807) is 4.90 Å². The second-order valence-electron chi connectivity index (χ2n) is 7.90. The first-order valence-corrected chi connectivity index (χ1v) is 9.68. The van der Waals surface area contributed by atoms with Gasteiger partial charge in [0, 0.05) is 37.8 Å². The number of ether oxygens (including phenoxy) is 2. The van der Waals surface area contributed by atoms with Crippen LogP contribution in [-0.2, 0) is 9.59 Å². The largest absolute Gasteiger partial charge is 0.486 e. The van der Waals surface area contributed by atoms with E-state index in [-0.39, 0.29) is 17.7 Å². The highest BCUT2D eigenvalue weighted by molar-refractivity contribution is 6.00. The van der Waals surface area contributed by atoms with Crippen molar-refractivity contribution in [2.45, 2.75) is 25.7 Å². The highest BCUT2D eigenvalue weighted by atomic mass is 16.6. The highest BCUT2D eigenvalue weighted by Gasteiger charge is 2.42. The van der Waals surface area contributed by atoms with E-state index in [9.17, 15) is 9.59 Å². The number of anilines is 1. The molecule has 0 spiro atoms. The van der Waals surface area contributed by atoms with Crippen molar-refractivity contribution in [3.05, 3.63) is 18.2 Å². The zero-order chi connectivity index (χ0) is 17.7. The van der Waals surface area contributed by atoms with Crippen LogP contribution < -0.4 is 14.4 Å². The second-order valence-corrected chi connectivity index (χ2v) is 7.90. The first kappa shape index (κ1) is 16.0. The van der Waals surface area contributed by atoms with Gasteiger partial charge >= 0.3 is 0 Å². The van der Waals surface area contributed by atoms with Crippen molar-refractivity contribution < 1.29 is 19.1 Å². The van der Waals surface area contributed by atoms with E-state index in [0.29, 0.717) is 43.6 Å². The van der Waals surface area contributed by atoms with Gasteiger partial charge in [0.05, 0.1) is 5.92 Å². The molecule has 2 amide bonds. The average molecular weight is 356 g/mol. The normalized spacial score (nSPS) is 27.9. The third-order valence-corrected chi connectivity index (χ3v) is 6.14. The van der Waals surface area contributed by atoms with Crippen molar-refractivity contribution in [2.75, 3.05) is 37.7 Å². The van der Waals surface area contributed by atoms with Crippen LogP contribution in [0.5, 0.6) is 11.5 Å². The number of rotatable bonds is 3. The average Bonchev–Trinajstić information content (AvgIpc) is 3.27. The third-order valence-electron chi connectivity index (χ3n) is 6.14. The zero-order valence-electron chi connectivity index (χ0n) is 14.9. The molecule has 3 heterocycles. The van der Waals surface area contributed by atoms with Gasteiger partial charge in [-0.15, -0.1) is 0 Å². The van der Waals surface area contributed by atoms with Crippen molar-refractivity contribution in [1.29, 1.82) is 0 Å². The van der Waals surface area contributed by atoms with E-state index in [4.69, 9.17) is 9.47 Å². The monoisotopic (exact) mass is 356 g/mol. The minimum Gasteiger partial charge on any atom is -0.486 e. The lowest BCUT2D eigenvalue weighted by atomic mass is 10.0. The Balaban J connectivity index is 1.27. The van der Waals surface area contributed by atoms with Crippen molar-refractivity contribution in [1.82, 2.24) is 4.90 Å². The number of carbonyl (C=O) groups is 2. The molecule has 2 unspecified atom stereocenters. The Kier molecular flexibility index (Phi) is 3.80. The Morgan fingerprint density at radius 1 is 1.00 bits per heavy atom. The molecule has 26 heavy (non-hydrogen) atoms. The van der Waals surface area contributed by atoms with Gasteiger partial charge in [0.15, 0.2) is 11.5 Å². The number of fused-ring (bicyclic) bond motifs is 1. The molecule has 1 saturated carbocycles. The standard InChI is InChI=1S/C20H24N2O4/c23-19-9-15(20(24)21-6-5-14(11-21)13-1-2-13)12-22(19)16-3-4-17-18(10-16)26-8-7-25-17/h3-4,10,13-15H,1-2,5-9,11-12H2. The Morgan fingerprint density at radius 2 is 1.81 bits per heavy atom. The van der Waals surface area contributed by atoms with Crippen molar-refractivity contribution in [2.24, 2.45) is 17.8 Å². The molecule has 4 aliphatic rings. The number of carbonyl (C=O) groups excluding carboxylic acids is 2. The number of hydrogen-bond acceptors (Lipinski definition) is 4. The molecule has 3 fully saturated rings. The van der Waals surface area contributed by atoms with E-state index in [2.05, 4.69) is 0 Å². The van der Waals surface area contributed by atoms with Crippen molar-refractivity contribution >= 4 is 17.5 Å². The molecule has 0 aromatic heterocycles. The molecule has 2 saturated heterocycles. The molecule has 3 aliphatic heterocycles. The van der Waals surface area contributed by atoms with Crippen LogP contribution in [0.3, 0.4) is 0 Å². The van der Waals surface area contributed by atoms with E-state index in [1.807, 2.05) is 23.1 Å². The molecule has 5 rings (SSSR count). The summed E-state index contributed by atoms with van der Waals surface area (Å²) in [5, 5.41) is 0. The summed E-state index contributed by atoms with van der Waals surface area (Å²) in [5.41, 5.74) is 0.784. The fourth-order valence-corrected chi connectivity index (χ4v) is 4.52. The smallest absolute Gasteiger partial charge is 0.228 e. The van der Waals surface area contributed by atoms with Crippen LogP contribution in [0.25, 0.3) is 0 Å². The lowest BCUT2D eigenvalue weighted by Crippen LogP contribution is -2.36. The Labute approximate surface area is 153 Å². The van der Waals surface area contributed by atoms with E-state index in [1.165, 1.54) is 12.8 Å². The lowest BCUT2D eigenvalue weighted by molar-refractivity contribution is -0.134. The van der Waals surface area contributed by atoms with Crippen molar-refractivity contribution in [3.8, 4) is 11.5 Å². The highest BCUT2D eigenvalue weighted by Crippen LogP contribution is 2.42. The molecular weight excluding hydrogens is 332 g/mol. The number of hydrogen-bond donors (Lipinski definition) is 0. The summed E-state index contributed by atoms with van der Waals surface area (Å²) >= 11 is 0.